The summed E-state index contributed by atoms with van der Waals surface area (Å²) in [7, 11) is -4.09. The number of sulfonamides is 1. The molecule has 0 fully saturated rings. The zero-order valence-corrected chi connectivity index (χ0v) is 12.0. The Balaban J connectivity index is 2.38. The van der Waals surface area contributed by atoms with Crippen LogP contribution in [0.15, 0.2) is 27.9 Å². The molecule has 0 aliphatic rings. The van der Waals surface area contributed by atoms with Gasteiger partial charge in [0.25, 0.3) is 10.0 Å². The first-order chi connectivity index (χ1) is 9.31. The highest BCUT2D eigenvalue weighted by Gasteiger charge is 2.25. The van der Waals surface area contributed by atoms with Crippen molar-refractivity contribution in [2.75, 3.05) is 4.72 Å². The van der Waals surface area contributed by atoms with Crippen LogP contribution in [0.3, 0.4) is 0 Å². The Morgan fingerprint density at radius 3 is 2.70 bits per heavy atom. The number of carboxylic acid groups (broad SMARTS) is 1. The molecule has 1 heterocycles. The lowest BCUT2D eigenvalue weighted by atomic mass is 10.3. The van der Waals surface area contributed by atoms with E-state index in [1.807, 2.05) is 0 Å². The summed E-state index contributed by atoms with van der Waals surface area (Å²) in [5.41, 5.74) is 0.673. The van der Waals surface area contributed by atoms with E-state index in [1.165, 1.54) is 18.2 Å². The van der Waals surface area contributed by atoms with Gasteiger partial charge < -0.3 is 10.2 Å². The predicted molar refractivity (Wildman–Crippen MR) is 73.0 cm³/mol. The van der Waals surface area contributed by atoms with Crippen molar-refractivity contribution in [3.63, 3.8) is 0 Å². The molecule has 0 radical (unpaired) electrons. The smallest absolute Gasteiger partial charge is 0.356 e. The number of aromatic carboxylic acids is 1. The molecule has 0 aliphatic carbocycles. The Bertz CT molecular complexity index is 772. The molecule has 0 atom stereocenters. The molecule has 0 saturated heterocycles. The summed E-state index contributed by atoms with van der Waals surface area (Å²) < 4.78 is 25.9. The molecule has 7 nitrogen and oxygen atoms in total. The normalized spacial score (nSPS) is 11.2. The van der Waals surface area contributed by atoms with Crippen LogP contribution in [0.2, 0.25) is 5.02 Å². The molecule has 2 aromatic rings. The second-order valence-electron chi connectivity index (χ2n) is 3.57. The molecule has 10 heteroatoms. The number of halogens is 1. The summed E-state index contributed by atoms with van der Waals surface area (Å²) >= 11 is 6.35. The predicted octanol–water partition coefficient (Wildman–Crippen LogP) is 2.00. The monoisotopic (exact) mass is 334 g/mol. The maximum atomic E-state index is 12.1. The molecule has 106 valence electrons. The largest absolute Gasteiger partial charge is 0.506 e. The zero-order valence-electron chi connectivity index (χ0n) is 9.57. The number of nitrogens with zero attached hydrogens (tertiary/aromatic N) is 1. The third-order valence-corrected chi connectivity index (χ3v) is 5.24. The van der Waals surface area contributed by atoms with Crippen LogP contribution in [0, 0.1) is 0 Å². The highest BCUT2D eigenvalue weighted by atomic mass is 35.5. The van der Waals surface area contributed by atoms with Crippen LogP contribution in [-0.4, -0.2) is 29.6 Å². The lowest BCUT2D eigenvalue weighted by Gasteiger charge is -2.07. The van der Waals surface area contributed by atoms with Crippen molar-refractivity contribution in [3.8, 4) is 5.75 Å². The molecule has 1 aromatic heterocycles. The number of benzene rings is 1. The van der Waals surface area contributed by atoms with Gasteiger partial charge in [0.1, 0.15) is 5.75 Å². The minimum absolute atomic E-state index is 0.0343. The van der Waals surface area contributed by atoms with Crippen molar-refractivity contribution in [1.29, 1.82) is 0 Å². The van der Waals surface area contributed by atoms with Crippen molar-refractivity contribution in [2.24, 2.45) is 0 Å². The highest BCUT2D eigenvalue weighted by molar-refractivity contribution is 7.94. The van der Waals surface area contributed by atoms with E-state index in [0.29, 0.717) is 11.3 Å². The van der Waals surface area contributed by atoms with Crippen molar-refractivity contribution < 1.29 is 23.4 Å². The fraction of sp³-hybridized carbons (Fsp3) is 0. The second-order valence-corrected chi connectivity index (χ2v) is 6.70. The number of anilines is 1. The molecule has 0 aliphatic heterocycles. The SMILES string of the molecule is O=C(O)c1ncsc1S(=O)(=O)Nc1ccc(O)c(Cl)c1. The van der Waals surface area contributed by atoms with Crippen LogP contribution >= 0.6 is 22.9 Å². The van der Waals surface area contributed by atoms with Gasteiger partial charge >= 0.3 is 5.97 Å². The molecule has 0 bridgehead atoms. The van der Waals surface area contributed by atoms with Crippen LogP contribution in [0.5, 0.6) is 5.75 Å². The third kappa shape index (κ3) is 2.84. The topological polar surface area (TPSA) is 117 Å². The number of aromatic nitrogens is 1. The minimum Gasteiger partial charge on any atom is -0.506 e. The average molecular weight is 335 g/mol. The number of hydrogen-bond donors (Lipinski definition) is 3. The van der Waals surface area contributed by atoms with E-state index in [2.05, 4.69) is 9.71 Å². The number of hydrogen-bond acceptors (Lipinski definition) is 6. The molecular formula is C10H7ClN2O5S2. The first-order valence-corrected chi connectivity index (χ1v) is 7.73. The number of carboxylic acids is 1. The van der Waals surface area contributed by atoms with E-state index >= 15 is 0 Å². The van der Waals surface area contributed by atoms with E-state index in [4.69, 9.17) is 16.7 Å². The molecular weight excluding hydrogens is 328 g/mol. The number of nitrogens with one attached hydrogen (secondary N) is 1. The van der Waals surface area contributed by atoms with E-state index in [-0.39, 0.29) is 16.5 Å². The minimum atomic E-state index is -4.09. The number of phenolic OH excluding ortho intramolecular Hbond substituents is 1. The standard InChI is InChI=1S/C10H7ClN2O5S2/c11-6-3-5(1-2-7(6)14)13-20(17,18)10-8(9(15)16)12-4-19-10/h1-4,13-14H,(H,15,16). The van der Waals surface area contributed by atoms with Crippen LogP contribution in [0.4, 0.5) is 5.69 Å². The van der Waals surface area contributed by atoms with E-state index in [9.17, 15) is 18.3 Å². The van der Waals surface area contributed by atoms with Crippen LogP contribution in [0.1, 0.15) is 10.5 Å². The first kappa shape index (κ1) is 14.6. The number of thiazole rings is 1. The van der Waals surface area contributed by atoms with E-state index in [1.54, 1.807) is 0 Å². The van der Waals surface area contributed by atoms with Crippen molar-refractivity contribution in [2.45, 2.75) is 4.21 Å². The lowest BCUT2D eigenvalue weighted by Crippen LogP contribution is -2.15. The number of carbonyl (C=O) groups is 1. The number of aromatic hydroxyl groups is 1. The molecule has 0 unspecified atom stereocenters. The Labute approximate surface area is 122 Å². The van der Waals surface area contributed by atoms with Gasteiger partial charge in [-0.25, -0.2) is 18.2 Å². The Morgan fingerprint density at radius 2 is 2.10 bits per heavy atom. The Kier molecular flexibility index (Phi) is 3.84. The van der Waals surface area contributed by atoms with Crippen LogP contribution < -0.4 is 4.72 Å². The van der Waals surface area contributed by atoms with Crippen molar-refractivity contribution >= 4 is 44.6 Å². The van der Waals surface area contributed by atoms with Gasteiger partial charge in [0.2, 0.25) is 0 Å². The lowest BCUT2D eigenvalue weighted by molar-refractivity contribution is 0.0687. The van der Waals surface area contributed by atoms with Crippen LogP contribution in [0.25, 0.3) is 0 Å². The van der Waals surface area contributed by atoms with Gasteiger partial charge in [-0.05, 0) is 18.2 Å². The summed E-state index contributed by atoms with van der Waals surface area (Å²) in [5.74, 6) is -1.63. The maximum Gasteiger partial charge on any atom is 0.356 e. The van der Waals surface area contributed by atoms with Gasteiger partial charge in [-0.15, -0.1) is 11.3 Å². The fourth-order valence-corrected chi connectivity index (χ4v) is 3.71. The second kappa shape index (κ2) is 5.27. The first-order valence-electron chi connectivity index (χ1n) is 4.99. The summed E-state index contributed by atoms with van der Waals surface area (Å²) in [6.07, 6.45) is 0. The molecule has 20 heavy (non-hydrogen) atoms. The summed E-state index contributed by atoms with van der Waals surface area (Å²) in [6.45, 7) is 0. The van der Waals surface area contributed by atoms with Crippen molar-refractivity contribution in [1.82, 2.24) is 4.98 Å². The molecule has 1 aromatic carbocycles. The molecule has 0 spiro atoms. The Morgan fingerprint density at radius 1 is 1.40 bits per heavy atom. The maximum absolute atomic E-state index is 12.1. The third-order valence-electron chi connectivity index (χ3n) is 2.18. The molecule has 3 N–H and O–H groups in total. The van der Waals surface area contributed by atoms with E-state index < -0.39 is 25.9 Å². The van der Waals surface area contributed by atoms with E-state index in [0.717, 1.165) is 5.51 Å². The number of phenols is 1. The summed E-state index contributed by atoms with van der Waals surface area (Å²) in [4.78, 5) is 14.4. The van der Waals surface area contributed by atoms with Gasteiger partial charge in [0.15, 0.2) is 9.90 Å². The van der Waals surface area contributed by atoms with Gasteiger partial charge in [0.05, 0.1) is 16.2 Å². The average Bonchev–Trinajstić information content (AvgIpc) is 2.83. The van der Waals surface area contributed by atoms with Gasteiger partial charge in [-0.1, -0.05) is 11.6 Å². The van der Waals surface area contributed by atoms with Crippen molar-refractivity contribution in [3.05, 3.63) is 34.4 Å². The fourth-order valence-electron chi connectivity index (χ4n) is 1.34. The Hall–Kier alpha value is -1.84. The van der Waals surface area contributed by atoms with Gasteiger partial charge in [0, 0.05) is 0 Å². The highest BCUT2D eigenvalue weighted by Crippen LogP contribution is 2.28. The quantitative estimate of drug-likeness (QED) is 0.736. The molecule has 0 amide bonds. The zero-order chi connectivity index (χ0) is 14.9. The van der Waals surface area contributed by atoms with Gasteiger partial charge in [-0.2, -0.15) is 0 Å². The summed E-state index contributed by atoms with van der Waals surface area (Å²) in [5, 5.41) is 18.1. The molecule has 0 saturated carbocycles. The molecule has 2 rings (SSSR count). The van der Waals surface area contributed by atoms with Gasteiger partial charge in [-0.3, -0.25) is 4.72 Å². The summed E-state index contributed by atoms with van der Waals surface area (Å²) in [6, 6.07) is 3.71. The number of rotatable bonds is 4. The van der Waals surface area contributed by atoms with Crippen LogP contribution in [-0.2, 0) is 10.0 Å².